The molecule has 0 fully saturated rings. The van der Waals surface area contributed by atoms with Gasteiger partial charge in [-0.05, 0) is 89.9 Å². The normalized spacial score (nSPS) is 10.7. The van der Waals surface area contributed by atoms with Crippen molar-refractivity contribution in [3.05, 3.63) is 0 Å². The Labute approximate surface area is 915 Å². The molecule has 0 spiro atoms. The molecule has 0 aliphatic heterocycles. The van der Waals surface area contributed by atoms with Crippen molar-refractivity contribution in [2.45, 2.75) is 768 Å². The van der Waals surface area contributed by atoms with Gasteiger partial charge in [0.25, 0.3) is 0 Å². The molecule has 142 heavy (non-hydrogen) atoms. The minimum Gasteiger partial charge on any atom is -0.550 e. The van der Waals surface area contributed by atoms with Gasteiger partial charge in [0, 0.05) is 41.8 Å². The second-order valence-corrected chi connectivity index (χ2v) is 42.5. The van der Waals surface area contributed by atoms with Gasteiger partial charge in [0.15, 0.2) is 0 Å². The van der Waals surface area contributed by atoms with Crippen LogP contribution < -0.4 is 35.7 Å². The number of carbonyl (C=O) groups excluding carboxylic acids is 7. The fourth-order valence-electron chi connectivity index (χ4n) is 18.5. The Morgan fingerprint density at radius 2 is 0.141 bits per heavy atom. The van der Waals surface area contributed by atoms with Crippen LogP contribution in [0.3, 0.4) is 0 Å². The Bertz CT molecular complexity index is 1860. The third-order valence-corrected chi connectivity index (χ3v) is 27.9. The molecule has 0 heterocycles. The van der Waals surface area contributed by atoms with Crippen molar-refractivity contribution in [2.24, 2.45) is 0 Å². The van der Waals surface area contributed by atoms with E-state index in [-0.39, 0.29) is 88.5 Å². The minimum atomic E-state index is -0.903. The maximum Gasteiger partial charge on any atom is 4.00 e. The molecule has 0 rings (SSSR count). The zero-order chi connectivity index (χ0) is 104. The van der Waals surface area contributed by atoms with E-state index in [1.807, 2.05) is 0 Å². The van der Waals surface area contributed by atoms with Crippen LogP contribution in [0.1, 0.15) is 768 Å². The molecule has 0 saturated heterocycles. The molecular formula is C126H245AlO14Zr. The number of hydrogen-bond donors (Lipinski definition) is 0. The number of carbonyl (C=O) groups is 7. The van der Waals surface area contributed by atoms with E-state index in [9.17, 15) is 69.3 Å². The number of aliphatic carboxylic acids is 7. The SMILES string of the molecule is CCCCCCCCCCCCCCCCCC(=O)[O-].CCCCCCCCCCCCCCCCCC(=O)[O-].CCCCCCCCCCCCCCCCCC(=O)[O-].CCCCCCCCCCCCCCCCCC(=O)[O-].CCCCCCCCCCCCCCCCCC(=O)[O-].CCCCCCCCCCCCCCCCCC(=O)[O-].CCCCCCCCCCCCCCCCCC(=O)[O-].[Al+3].[Zr+4]. The van der Waals surface area contributed by atoms with Crippen LogP contribution in [-0.2, 0) is 59.8 Å². The van der Waals surface area contributed by atoms with E-state index in [4.69, 9.17) is 0 Å². The van der Waals surface area contributed by atoms with E-state index in [1.54, 1.807) is 0 Å². The van der Waals surface area contributed by atoms with Crippen molar-refractivity contribution in [1.82, 2.24) is 0 Å². The molecule has 0 aromatic rings. The van der Waals surface area contributed by atoms with Gasteiger partial charge in [-0.2, -0.15) is 0 Å². The fraction of sp³-hybridized carbons (Fsp3) is 0.944. The molecule has 0 radical (unpaired) electrons. The number of carboxylic acids is 7. The molecule has 0 aliphatic carbocycles. The van der Waals surface area contributed by atoms with E-state index in [0.717, 1.165) is 89.9 Å². The summed E-state index contributed by atoms with van der Waals surface area (Å²) in [5.74, 6) is -6.32. The summed E-state index contributed by atoms with van der Waals surface area (Å²) in [6, 6.07) is 0. The molecule has 0 unspecified atom stereocenters. The topological polar surface area (TPSA) is 281 Å². The van der Waals surface area contributed by atoms with E-state index < -0.39 is 41.8 Å². The zero-order valence-electron chi connectivity index (χ0n) is 96.5. The Morgan fingerprint density at radius 3 is 0.183 bits per heavy atom. The Morgan fingerprint density at radius 1 is 0.0986 bits per heavy atom. The quantitative estimate of drug-likeness (QED) is 0.0404. The van der Waals surface area contributed by atoms with Crippen LogP contribution >= 0.6 is 0 Å². The van der Waals surface area contributed by atoms with E-state index in [1.165, 1.54) is 584 Å². The average molecular weight is 2100 g/mol. The summed E-state index contributed by atoms with van der Waals surface area (Å²) in [5.41, 5.74) is 0. The standard InChI is InChI=1S/7C18H36O2.Al.Zr/c7*1-2-3-4-5-6-7-8-9-10-11-12-13-14-15-16-17-18(19)20;;/h7*2-17H2,1H3,(H,19,20);;/q;;;;;;;+3;+4/p-7. The number of unbranched alkanes of at least 4 members (excludes halogenated alkanes) is 98. The molecule has 0 aromatic carbocycles. The summed E-state index contributed by atoms with van der Waals surface area (Å²) in [5, 5.41) is 71.6. The maximum absolute atomic E-state index is 10.2. The second-order valence-electron chi connectivity index (χ2n) is 42.5. The molecule has 0 aliphatic rings. The molecule has 0 saturated carbocycles. The van der Waals surface area contributed by atoms with Crippen molar-refractivity contribution in [3.63, 3.8) is 0 Å². The predicted molar refractivity (Wildman–Crippen MR) is 598 cm³/mol. The monoisotopic (exact) mass is 2100 g/mol. The van der Waals surface area contributed by atoms with Gasteiger partial charge >= 0.3 is 43.6 Å². The van der Waals surface area contributed by atoms with Crippen molar-refractivity contribution < 1.29 is 95.5 Å². The third-order valence-electron chi connectivity index (χ3n) is 27.9. The van der Waals surface area contributed by atoms with Gasteiger partial charge in [-0.1, -0.05) is 678 Å². The Hall–Kier alpha value is -2.29. The second kappa shape index (κ2) is 154. The summed E-state index contributed by atoms with van der Waals surface area (Å²) in [6.45, 7) is 15.9. The minimum absolute atomic E-state index is 0. The summed E-state index contributed by atoms with van der Waals surface area (Å²) < 4.78 is 0. The number of rotatable bonds is 112. The fourth-order valence-corrected chi connectivity index (χ4v) is 18.5. The van der Waals surface area contributed by atoms with Gasteiger partial charge in [0.1, 0.15) is 0 Å². The van der Waals surface area contributed by atoms with Crippen LogP contribution in [-0.4, -0.2) is 59.1 Å². The first-order chi connectivity index (χ1) is 68.4. The van der Waals surface area contributed by atoms with Crippen molar-refractivity contribution in [3.8, 4) is 0 Å². The van der Waals surface area contributed by atoms with Gasteiger partial charge in [-0.15, -0.1) is 0 Å². The van der Waals surface area contributed by atoms with Crippen LogP contribution in [0.5, 0.6) is 0 Å². The van der Waals surface area contributed by atoms with Crippen LogP contribution in [0.2, 0.25) is 0 Å². The Kier molecular flexibility index (Phi) is 171. The molecule has 0 amide bonds. The van der Waals surface area contributed by atoms with Gasteiger partial charge in [0.05, 0.1) is 0 Å². The molecule has 0 aromatic heterocycles. The molecule has 0 atom stereocenters. The predicted octanol–water partition coefficient (Wildman–Crippen LogP) is 34.6. The molecular weight excluding hydrogens is 1860 g/mol. The van der Waals surface area contributed by atoms with Crippen LogP contribution in [0.4, 0.5) is 0 Å². The van der Waals surface area contributed by atoms with Crippen molar-refractivity contribution in [1.29, 1.82) is 0 Å². The van der Waals surface area contributed by atoms with Gasteiger partial charge in [-0.25, -0.2) is 0 Å². The summed E-state index contributed by atoms with van der Waals surface area (Å²) in [4.78, 5) is 71.6. The number of hydrogen-bond acceptors (Lipinski definition) is 14. The van der Waals surface area contributed by atoms with Crippen LogP contribution in [0.25, 0.3) is 0 Å². The zero-order valence-corrected chi connectivity index (χ0v) is 100. The Balaban J connectivity index is -0.000000207. The molecule has 14 nitrogen and oxygen atoms in total. The van der Waals surface area contributed by atoms with E-state index in [0.29, 0.717) is 0 Å². The molecule has 0 N–H and O–H groups in total. The first-order valence-electron chi connectivity index (χ1n) is 62.8. The summed E-state index contributed by atoms with van der Waals surface area (Å²) in [7, 11) is 0. The third kappa shape index (κ3) is 189. The molecule has 0 bridgehead atoms. The first kappa shape index (κ1) is 157. The average Bonchev–Trinajstić information content (AvgIpc) is 1.11. The van der Waals surface area contributed by atoms with Gasteiger partial charge < -0.3 is 69.3 Å². The summed E-state index contributed by atoms with van der Waals surface area (Å²) >= 11 is 0. The summed E-state index contributed by atoms with van der Waals surface area (Å²) in [6.07, 6.45) is 139. The molecule has 840 valence electrons. The first-order valence-corrected chi connectivity index (χ1v) is 62.8. The number of carboxylic acid groups (broad SMARTS) is 7. The largest absolute Gasteiger partial charge is 4.00 e. The van der Waals surface area contributed by atoms with Crippen molar-refractivity contribution in [2.75, 3.05) is 0 Å². The van der Waals surface area contributed by atoms with Crippen molar-refractivity contribution >= 4 is 59.1 Å². The van der Waals surface area contributed by atoms with E-state index >= 15 is 0 Å². The van der Waals surface area contributed by atoms with Gasteiger partial charge in [0.2, 0.25) is 0 Å². The maximum atomic E-state index is 10.2. The smallest absolute Gasteiger partial charge is 0.550 e. The molecule has 16 heteroatoms. The van der Waals surface area contributed by atoms with Crippen LogP contribution in [0.15, 0.2) is 0 Å². The van der Waals surface area contributed by atoms with Gasteiger partial charge in [-0.3, -0.25) is 0 Å². The van der Waals surface area contributed by atoms with E-state index in [2.05, 4.69) is 48.5 Å². The van der Waals surface area contributed by atoms with Crippen LogP contribution in [0, 0.1) is 0 Å².